The molecule has 16 heteroatoms. The van der Waals surface area contributed by atoms with Crippen molar-refractivity contribution < 1.29 is 52.1 Å². The summed E-state index contributed by atoms with van der Waals surface area (Å²) in [5, 5.41) is -6.50. The normalized spacial score (nSPS) is 16.0. The van der Waals surface area contributed by atoms with E-state index in [1.165, 1.54) is 30.3 Å². The van der Waals surface area contributed by atoms with E-state index in [9.17, 15) is 47.9 Å². The number of halogens is 9. The molecule has 5 aromatic rings. The summed E-state index contributed by atoms with van der Waals surface area (Å²) < 4.78 is 153. The molecule has 0 saturated heterocycles. The molecule has 0 N–H and O–H groups in total. The van der Waals surface area contributed by atoms with Gasteiger partial charge in [-0.25, -0.2) is 9.98 Å². The van der Waals surface area contributed by atoms with Gasteiger partial charge in [-0.3, -0.25) is 0 Å². The number of alkyl halides is 9. The maximum Gasteiger partial charge on any atom is 0.460 e. The summed E-state index contributed by atoms with van der Waals surface area (Å²) in [7, 11) is -5.45. The van der Waals surface area contributed by atoms with Crippen LogP contribution in [0, 0.1) is 0 Å². The number of hydrogen-bond donors (Lipinski definition) is 0. The van der Waals surface area contributed by atoms with Crippen LogP contribution in [0.25, 0.3) is 21.9 Å². The number of hydrogen-bond acceptors (Lipinski definition) is 6. The van der Waals surface area contributed by atoms with Gasteiger partial charge < -0.3 is 9.08 Å². The van der Waals surface area contributed by atoms with Crippen LogP contribution >= 0.6 is 0 Å². The first-order chi connectivity index (χ1) is 24.4. The Labute approximate surface area is 290 Å². The van der Waals surface area contributed by atoms with E-state index in [2.05, 4.69) is 4.18 Å². The number of fused-ring (bicyclic) bond motifs is 1. The molecule has 0 radical (unpaired) electrons. The lowest BCUT2D eigenvalue weighted by atomic mass is 9.96. The number of benzene rings is 5. The summed E-state index contributed by atoms with van der Waals surface area (Å²) in [6.07, 6.45) is -7.91. The third-order valence-corrected chi connectivity index (χ3v) is 9.52. The number of amidine groups is 2. The summed E-state index contributed by atoms with van der Waals surface area (Å²) in [5.41, 5.74) is 1.90. The molecule has 0 aliphatic carbocycles. The fourth-order valence-corrected chi connectivity index (χ4v) is 6.46. The maximum absolute atomic E-state index is 14.7. The molecule has 1 heterocycles. The number of nitrogens with zero attached hydrogens (tertiary/aromatic N) is 3. The maximum atomic E-state index is 14.7. The third kappa shape index (κ3) is 6.14. The van der Waals surface area contributed by atoms with Gasteiger partial charge in [0.05, 0.1) is 0 Å². The molecule has 0 saturated carbocycles. The Kier molecular flexibility index (Phi) is 9.10. The van der Waals surface area contributed by atoms with Gasteiger partial charge in [0.2, 0.25) is 0 Å². The molecule has 6 rings (SSSR count). The van der Waals surface area contributed by atoms with Crippen LogP contribution < -0.4 is 4.18 Å². The minimum Gasteiger partial charge on any atom is -0.377 e. The van der Waals surface area contributed by atoms with Gasteiger partial charge in [0.15, 0.2) is 11.6 Å². The molecule has 1 atom stereocenters. The second kappa shape index (κ2) is 13.0. The number of aliphatic imine (C=N–C) groups is 2. The molecule has 0 aromatic heterocycles. The van der Waals surface area contributed by atoms with Gasteiger partial charge in [0, 0.05) is 23.7 Å². The van der Waals surface area contributed by atoms with Crippen LogP contribution in [0.15, 0.2) is 131 Å². The van der Waals surface area contributed by atoms with Crippen molar-refractivity contribution in [3.8, 4) is 16.9 Å². The molecular weight excluding hydrogens is 725 g/mol. The Bertz CT molecular complexity index is 2280. The predicted molar refractivity (Wildman–Crippen MR) is 176 cm³/mol. The molecule has 5 aromatic carbocycles. The van der Waals surface area contributed by atoms with Gasteiger partial charge in [-0.15, -0.1) is 0 Å². The fraction of sp³-hybridized carbons (Fsp3) is 0.167. The largest absolute Gasteiger partial charge is 0.460 e. The molecule has 52 heavy (non-hydrogen) atoms. The lowest BCUT2D eigenvalue weighted by molar-refractivity contribution is -0.382. The second-order valence-corrected chi connectivity index (χ2v) is 13.2. The van der Waals surface area contributed by atoms with E-state index >= 15 is 0 Å². The van der Waals surface area contributed by atoms with Gasteiger partial charge in [-0.1, -0.05) is 115 Å². The van der Waals surface area contributed by atoms with Crippen LogP contribution in [0.3, 0.4) is 0 Å². The molecule has 6 nitrogen and oxygen atoms in total. The van der Waals surface area contributed by atoms with Crippen LogP contribution in [0.4, 0.5) is 39.5 Å². The zero-order chi connectivity index (χ0) is 37.7. The molecule has 0 fully saturated rings. The highest BCUT2D eigenvalue weighted by Gasteiger charge is 2.86. The van der Waals surface area contributed by atoms with E-state index in [-0.39, 0.29) is 16.5 Å². The van der Waals surface area contributed by atoms with Gasteiger partial charge in [0.25, 0.3) is 0 Å². The summed E-state index contributed by atoms with van der Waals surface area (Å²) in [6, 6.07) is 32.4. The Balaban J connectivity index is 1.42. The van der Waals surface area contributed by atoms with Crippen molar-refractivity contribution in [1.82, 2.24) is 4.90 Å². The van der Waals surface area contributed by atoms with Gasteiger partial charge >= 0.3 is 33.4 Å². The van der Waals surface area contributed by atoms with Crippen LogP contribution in [0.1, 0.15) is 22.9 Å². The topological polar surface area (TPSA) is 71.3 Å². The first kappa shape index (κ1) is 36.4. The van der Waals surface area contributed by atoms with E-state index in [1.54, 1.807) is 36.2 Å². The van der Waals surface area contributed by atoms with E-state index < -0.39 is 45.3 Å². The van der Waals surface area contributed by atoms with E-state index in [4.69, 9.17) is 9.98 Å². The van der Waals surface area contributed by atoms with Crippen molar-refractivity contribution in [2.75, 3.05) is 7.05 Å². The fourth-order valence-electron chi connectivity index (χ4n) is 5.54. The third-order valence-electron chi connectivity index (χ3n) is 8.24. The van der Waals surface area contributed by atoms with Crippen molar-refractivity contribution in [1.29, 1.82) is 0 Å². The Hall–Kier alpha value is -5.38. The highest BCUT2D eigenvalue weighted by molar-refractivity contribution is 7.88. The zero-order valence-corrected chi connectivity index (χ0v) is 27.3. The minimum absolute atomic E-state index is 0.0872. The zero-order valence-electron chi connectivity index (χ0n) is 26.5. The Morgan fingerprint density at radius 3 is 1.79 bits per heavy atom. The van der Waals surface area contributed by atoms with Crippen LogP contribution in [0.2, 0.25) is 0 Å². The lowest BCUT2D eigenvalue weighted by Crippen LogP contribution is -2.63. The average Bonchev–Trinajstić information content (AvgIpc) is 3.11. The smallest absolute Gasteiger partial charge is 0.377 e. The minimum atomic E-state index is -7.46. The summed E-state index contributed by atoms with van der Waals surface area (Å²) in [6.45, 7) is 0. The Morgan fingerprint density at radius 2 is 1.19 bits per heavy atom. The molecule has 0 bridgehead atoms. The van der Waals surface area contributed by atoms with Crippen molar-refractivity contribution in [2.24, 2.45) is 9.98 Å². The lowest BCUT2D eigenvalue weighted by Gasteiger charge is -2.33. The summed E-state index contributed by atoms with van der Waals surface area (Å²) in [5.74, 6) is -14.9. The predicted octanol–water partition coefficient (Wildman–Crippen LogP) is 9.48. The van der Waals surface area contributed by atoms with Crippen molar-refractivity contribution in [3.63, 3.8) is 0 Å². The molecule has 1 unspecified atom stereocenters. The monoisotopic (exact) mass is 749 g/mol. The SMILES string of the molecule is CN1C(c2ccccc2)=NC(c2ccccc2)=NC1c1ccc(-c2c(OS(=O)(=O)C(F)(F)C(F)(F)C(F)(F)C(F)(F)F)ccc3ccccc23)cc1. The summed E-state index contributed by atoms with van der Waals surface area (Å²) in [4.78, 5) is 11.4. The van der Waals surface area contributed by atoms with E-state index in [0.29, 0.717) is 22.6 Å². The van der Waals surface area contributed by atoms with Crippen LogP contribution in [0.5, 0.6) is 5.75 Å². The molecule has 0 spiro atoms. The first-order valence-corrected chi connectivity index (χ1v) is 16.5. The Morgan fingerprint density at radius 1 is 0.635 bits per heavy atom. The number of rotatable bonds is 9. The van der Waals surface area contributed by atoms with Crippen LogP contribution in [-0.2, 0) is 10.1 Å². The van der Waals surface area contributed by atoms with Gasteiger partial charge in [0.1, 0.15) is 12.0 Å². The van der Waals surface area contributed by atoms with Crippen molar-refractivity contribution in [3.05, 3.63) is 138 Å². The quantitative estimate of drug-likeness (QED) is 0.111. The molecule has 1 aliphatic rings. The van der Waals surface area contributed by atoms with Gasteiger partial charge in [-0.2, -0.15) is 47.9 Å². The van der Waals surface area contributed by atoms with Crippen molar-refractivity contribution in [2.45, 2.75) is 29.4 Å². The van der Waals surface area contributed by atoms with E-state index in [1.807, 2.05) is 60.7 Å². The highest BCUT2D eigenvalue weighted by Crippen LogP contribution is 2.55. The first-order valence-electron chi connectivity index (χ1n) is 15.1. The summed E-state index contributed by atoms with van der Waals surface area (Å²) >= 11 is 0. The van der Waals surface area contributed by atoms with Crippen LogP contribution in [-0.4, -0.2) is 55.3 Å². The molecular formula is C36H24F9N3O3S. The molecule has 0 amide bonds. The standard InChI is InChI=1S/C36H24F9N3O3S/c1-48-31(25-13-6-3-7-14-25)46-30(24-11-4-2-5-12-24)47-32(48)26-18-16-23(17-19-26)29-27-15-9-8-10-22(27)20-21-28(29)51-52(49,50)36(44,45)34(39,40)33(37,38)35(41,42)43/h2-21,32H,1H3. The van der Waals surface area contributed by atoms with E-state index in [0.717, 1.165) is 17.2 Å². The molecule has 270 valence electrons. The average molecular weight is 750 g/mol. The van der Waals surface area contributed by atoms with Gasteiger partial charge in [-0.05, 0) is 28.0 Å². The van der Waals surface area contributed by atoms with Crippen molar-refractivity contribution >= 4 is 32.6 Å². The molecule has 1 aliphatic heterocycles. The highest BCUT2D eigenvalue weighted by atomic mass is 32.2. The second-order valence-electron chi connectivity index (χ2n) is 11.6.